The van der Waals surface area contributed by atoms with Crippen LogP contribution in [0.5, 0.6) is 0 Å². The summed E-state index contributed by atoms with van der Waals surface area (Å²) in [5, 5.41) is 19.6. The van der Waals surface area contributed by atoms with Gasteiger partial charge in [0.05, 0.1) is 0 Å². The highest BCUT2D eigenvalue weighted by Gasteiger charge is 2.17. The van der Waals surface area contributed by atoms with Gasteiger partial charge in [0.15, 0.2) is 0 Å². The van der Waals surface area contributed by atoms with Crippen molar-refractivity contribution < 1.29 is 22.6 Å². The standard InChI is InChI=1S/C10H8N2O5S/c1-7-2-4-8(5-3-7)18(15,16)17-12-9(6-11)10(13)14/h2-5H,1H3,(H,13,14)/b12-9+. The van der Waals surface area contributed by atoms with E-state index in [2.05, 4.69) is 9.44 Å². The van der Waals surface area contributed by atoms with Crippen molar-refractivity contribution in [3.05, 3.63) is 29.8 Å². The van der Waals surface area contributed by atoms with Crippen molar-refractivity contribution in [2.45, 2.75) is 11.8 Å². The molecule has 0 saturated heterocycles. The molecular formula is C10H8N2O5S. The Morgan fingerprint density at radius 2 is 1.94 bits per heavy atom. The summed E-state index contributed by atoms with van der Waals surface area (Å²) in [6.07, 6.45) is 0. The van der Waals surface area contributed by atoms with Gasteiger partial charge in [-0.25, -0.2) is 4.79 Å². The molecule has 0 aliphatic carbocycles. The SMILES string of the molecule is Cc1ccc(S(=O)(=O)O/N=C(\C#N)C(=O)O)cc1. The minimum absolute atomic E-state index is 0.181. The summed E-state index contributed by atoms with van der Waals surface area (Å²) in [4.78, 5) is 10.2. The Hall–Kier alpha value is -2.40. The van der Waals surface area contributed by atoms with Crippen LogP contribution in [0.25, 0.3) is 0 Å². The zero-order valence-corrected chi connectivity index (χ0v) is 10.0. The molecule has 8 heteroatoms. The molecule has 0 spiro atoms. The lowest BCUT2D eigenvalue weighted by atomic mass is 10.2. The molecule has 18 heavy (non-hydrogen) atoms. The number of nitrogens with zero attached hydrogens (tertiary/aromatic N) is 2. The first-order valence-electron chi connectivity index (χ1n) is 4.58. The lowest BCUT2D eigenvalue weighted by molar-refractivity contribution is -0.129. The van der Waals surface area contributed by atoms with Crippen molar-refractivity contribution in [2.24, 2.45) is 5.16 Å². The number of hydrogen-bond donors (Lipinski definition) is 1. The third kappa shape index (κ3) is 3.29. The van der Waals surface area contributed by atoms with E-state index in [1.807, 2.05) is 0 Å². The molecule has 1 N–H and O–H groups in total. The second-order valence-corrected chi connectivity index (χ2v) is 4.73. The van der Waals surface area contributed by atoms with E-state index in [4.69, 9.17) is 10.4 Å². The largest absolute Gasteiger partial charge is 0.476 e. The summed E-state index contributed by atoms with van der Waals surface area (Å²) in [5.74, 6) is -1.67. The van der Waals surface area contributed by atoms with Crippen LogP contribution < -0.4 is 0 Å². The van der Waals surface area contributed by atoms with Crippen molar-refractivity contribution in [3.8, 4) is 6.07 Å². The molecule has 0 atom stereocenters. The molecule has 0 heterocycles. The molecule has 0 aliphatic rings. The van der Waals surface area contributed by atoms with E-state index in [1.165, 1.54) is 18.2 Å². The van der Waals surface area contributed by atoms with Crippen LogP contribution in [-0.2, 0) is 19.2 Å². The number of nitriles is 1. The molecule has 1 aromatic rings. The average molecular weight is 268 g/mol. The fourth-order valence-electron chi connectivity index (χ4n) is 0.942. The molecule has 0 aliphatic heterocycles. The van der Waals surface area contributed by atoms with Gasteiger partial charge in [0.1, 0.15) is 11.0 Å². The predicted octanol–water partition coefficient (Wildman–Crippen LogP) is 0.665. The molecule has 94 valence electrons. The van der Waals surface area contributed by atoms with E-state index in [9.17, 15) is 13.2 Å². The van der Waals surface area contributed by atoms with Crippen molar-refractivity contribution in [1.82, 2.24) is 0 Å². The topological polar surface area (TPSA) is 117 Å². The zero-order chi connectivity index (χ0) is 13.8. The molecule has 0 amide bonds. The summed E-state index contributed by atoms with van der Waals surface area (Å²) in [5.41, 5.74) is -0.202. The second kappa shape index (κ2) is 5.29. The highest BCUT2D eigenvalue weighted by molar-refractivity contribution is 7.86. The van der Waals surface area contributed by atoms with Crippen LogP contribution in [0.3, 0.4) is 0 Å². The van der Waals surface area contributed by atoms with Gasteiger partial charge >= 0.3 is 16.1 Å². The number of aryl methyl sites for hydroxylation is 1. The van der Waals surface area contributed by atoms with Crippen LogP contribution in [0.2, 0.25) is 0 Å². The third-order valence-electron chi connectivity index (χ3n) is 1.84. The Bertz CT molecular complexity index is 625. The number of carbonyl (C=O) groups is 1. The highest BCUT2D eigenvalue weighted by atomic mass is 32.2. The van der Waals surface area contributed by atoms with Gasteiger partial charge in [-0.15, -0.1) is 0 Å². The first kappa shape index (κ1) is 13.7. The number of oxime groups is 1. The van der Waals surface area contributed by atoms with Crippen LogP contribution in [-0.4, -0.2) is 25.2 Å². The lowest BCUT2D eigenvalue weighted by Crippen LogP contribution is -2.12. The van der Waals surface area contributed by atoms with E-state index in [0.29, 0.717) is 0 Å². The maximum atomic E-state index is 11.6. The van der Waals surface area contributed by atoms with E-state index in [1.54, 1.807) is 19.1 Å². The van der Waals surface area contributed by atoms with Crippen molar-refractivity contribution in [3.63, 3.8) is 0 Å². The smallest absolute Gasteiger partial charge is 0.369 e. The second-order valence-electron chi connectivity index (χ2n) is 3.20. The predicted molar refractivity (Wildman–Crippen MR) is 60.1 cm³/mol. The van der Waals surface area contributed by atoms with Crippen molar-refractivity contribution in [1.29, 1.82) is 5.26 Å². The fourth-order valence-corrected chi connectivity index (χ4v) is 1.67. The van der Waals surface area contributed by atoms with Gasteiger partial charge in [-0.3, -0.25) is 4.28 Å². The molecule has 1 rings (SSSR count). The molecule has 0 radical (unpaired) electrons. The Labute approximate surface area is 103 Å². The average Bonchev–Trinajstić information content (AvgIpc) is 2.29. The van der Waals surface area contributed by atoms with Gasteiger partial charge in [-0.05, 0) is 24.2 Å². The summed E-state index contributed by atoms with van der Waals surface area (Å²) in [7, 11) is -4.22. The van der Waals surface area contributed by atoms with Crippen LogP contribution in [0, 0.1) is 18.3 Å². The number of carboxylic acids is 1. The van der Waals surface area contributed by atoms with Crippen LogP contribution in [0.4, 0.5) is 0 Å². The Morgan fingerprint density at radius 3 is 2.39 bits per heavy atom. The number of hydrogen-bond acceptors (Lipinski definition) is 6. The van der Waals surface area contributed by atoms with Gasteiger partial charge in [0, 0.05) is 0 Å². The van der Waals surface area contributed by atoms with E-state index >= 15 is 0 Å². The molecule has 0 unspecified atom stereocenters. The monoisotopic (exact) mass is 268 g/mol. The van der Waals surface area contributed by atoms with Gasteiger partial charge in [0.2, 0.25) is 0 Å². The highest BCUT2D eigenvalue weighted by Crippen LogP contribution is 2.13. The van der Waals surface area contributed by atoms with Crippen molar-refractivity contribution in [2.75, 3.05) is 0 Å². The Balaban J connectivity index is 3.00. The number of rotatable bonds is 4. The number of benzene rings is 1. The summed E-state index contributed by atoms with van der Waals surface area (Å²) >= 11 is 0. The van der Waals surface area contributed by atoms with E-state index in [0.717, 1.165) is 5.56 Å². The van der Waals surface area contributed by atoms with E-state index < -0.39 is 21.8 Å². The maximum absolute atomic E-state index is 11.6. The summed E-state index contributed by atoms with van der Waals surface area (Å²) < 4.78 is 27.2. The van der Waals surface area contributed by atoms with Gasteiger partial charge in [-0.2, -0.15) is 13.7 Å². The number of carboxylic acid groups (broad SMARTS) is 1. The third-order valence-corrected chi connectivity index (χ3v) is 2.97. The molecule has 7 nitrogen and oxygen atoms in total. The quantitative estimate of drug-likeness (QED) is 0.633. The first-order valence-corrected chi connectivity index (χ1v) is 5.99. The Morgan fingerprint density at radius 1 is 1.39 bits per heavy atom. The van der Waals surface area contributed by atoms with Gasteiger partial charge in [-0.1, -0.05) is 17.7 Å². The Kier molecular flexibility index (Phi) is 4.01. The zero-order valence-electron chi connectivity index (χ0n) is 9.19. The van der Waals surface area contributed by atoms with E-state index in [-0.39, 0.29) is 4.90 Å². The minimum Gasteiger partial charge on any atom is -0.476 e. The molecule has 0 saturated carbocycles. The lowest BCUT2D eigenvalue weighted by Gasteiger charge is -2.01. The molecule has 0 fully saturated rings. The number of aliphatic carboxylic acids is 1. The minimum atomic E-state index is -4.22. The summed E-state index contributed by atoms with van der Waals surface area (Å²) in [6, 6.07) is 6.85. The summed E-state index contributed by atoms with van der Waals surface area (Å²) in [6.45, 7) is 1.77. The van der Waals surface area contributed by atoms with Gasteiger partial charge < -0.3 is 5.11 Å². The van der Waals surface area contributed by atoms with Crippen LogP contribution in [0.1, 0.15) is 5.56 Å². The van der Waals surface area contributed by atoms with Crippen LogP contribution >= 0.6 is 0 Å². The normalized spacial score (nSPS) is 11.7. The van der Waals surface area contributed by atoms with Crippen molar-refractivity contribution >= 4 is 21.8 Å². The molecule has 1 aromatic carbocycles. The molecule has 0 aromatic heterocycles. The molecular weight excluding hydrogens is 260 g/mol. The molecule has 0 bridgehead atoms. The van der Waals surface area contributed by atoms with Gasteiger partial charge in [0.25, 0.3) is 5.71 Å². The maximum Gasteiger partial charge on any atom is 0.369 e. The van der Waals surface area contributed by atoms with Crippen LogP contribution in [0.15, 0.2) is 34.3 Å². The fraction of sp³-hybridized carbons (Fsp3) is 0.100. The first-order chi connectivity index (χ1) is 8.36.